The maximum absolute atomic E-state index is 4.45. The van der Waals surface area contributed by atoms with Crippen molar-refractivity contribution in [1.29, 1.82) is 0 Å². The monoisotopic (exact) mass is 242 g/mol. The minimum Gasteiger partial charge on any atom is -0.307 e. The highest BCUT2D eigenvalue weighted by Crippen LogP contribution is 2.29. The van der Waals surface area contributed by atoms with Gasteiger partial charge in [0.2, 0.25) is 0 Å². The van der Waals surface area contributed by atoms with Crippen LogP contribution in [0.15, 0.2) is 4.99 Å². The van der Waals surface area contributed by atoms with Crippen molar-refractivity contribution in [3.8, 4) is 0 Å². The molecular formula is C13H26N2S. The molecule has 0 heterocycles. The largest absolute Gasteiger partial charge is 0.307 e. The van der Waals surface area contributed by atoms with Crippen LogP contribution in [-0.4, -0.2) is 29.0 Å². The quantitative estimate of drug-likeness (QED) is 0.379. The standard InChI is InChI=1S/C13H26N2S/c1-3-10-14-12-15(11-4-2)16-13-8-6-5-7-9-13/h12-13H,3-11H2,1-2H3. The Bertz CT molecular complexity index is 188. The Morgan fingerprint density at radius 1 is 1.19 bits per heavy atom. The molecule has 0 atom stereocenters. The first-order valence-electron chi connectivity index (χ1n) is 6.80. The third kappa shape index (κ3) is 5.78. The smallest absolute Gasteiger partial charge is 0.0949 e. The molecule has 1 saturated carbocycles. The van der Waals surface area contributed by atoms with Gasteiger partial charge in [0.05, 0.1) is 6.34 Å². The number of hydrogen-bond donors (Lipinski definition) is 0. The van der Waals surface area contributed by atoms with Gasteiger partial charge in [-0.3, -0.25) is 4.99 Å². The predicted molar refractivity (Wildman–Crippen MR) is 75.1 cm³/mol. The number of nitrogens with zero attached hydrogens (tertiary/aromatic N) is 2. The third-order valence-electron chi connectivity index (χ3n) is 2.84. The molecule has 1 aliphatic carbocycles. The second-order valence-electron chi connectivity index (χ2n) is 4.53. The molecule has 0 N–H and O–H groups in total. The van der Waals surface area contributed by atoms with Gasteiger partial charge >= 0.3 is 0 Å². The molecule has 0 bridgehead atoms. The number of aliphatic imine (C=N–C) groups is 1. The first kappa shape index (κ1) is 13.9. The maximum Gasteiger partial charge on any atom is 0.0949 e. The highest BCUT2D eigenvalue weighted by molar-refractivity contribution is 7.98. The average molecular weight is 242 g/mol. The summed E-state index contributed by atoms with van der Waals surface area (Å²) in [6.07, 6.45) is 11.5. The summed E-state index contributed by atoms with van der Waals surface area (Å²) in [4.78, 5) is 4.45. The van der Waals surface area contributed by atoms with Crippen LogP contribution in [0.25, 0.3) is 0 Å². The molecule has 0 aromatic rings. The van der Waals surface area contributed by atoms with Crippen LogP contribution in [0.5, 0.6) is 0 Å². The Morgan fingerprint density at radius 2 is 1.94 bits per heavy atom. The third-order valence-corrected chi connectivity index (χ3v) is 4.16. The fourth-order valence-corrected chi connectivity index (χ4v) is 3.33. The Kier molecular flexibility index (Phi) is 7.73. The number of rotatable bonds is 7. The molecule has 0 aromatic carbocycles. The summed E-state index contributed by atoms with van der Waals surface area (Å²) in [5.74, 6) is 0. The number of hydrogen-bond acceptors (Lipinski definition) is 2. The second kappa shape index (κ2) is 8.91. The lowest BCUT2D eigenvalue weighted by molar-refractivity contribution is 0.508. The van der Waals surface area contributed by atoms with Gasteiger partial charge in [0.15, 0.2) is 0 Å². The van der Waals surface area contributed by atoms with Crippen molar-refractivity contribution in [3.05, 3.63) is 0 Å². The van der Waals surface area contributed by atoms with E-state index in [2.05, 4.69) is 29.5 Å². The van der Waals surface area contributed by atoms with E-state index >= 15 is 0 Å². The Morgan fingerprint density at radius 3 is 2.56 bits per heavy atom. The summed E-state index contributed by atoms with van der Waals surface area (Å²) in [5, 5.41) is 0.841. The van der Waals surface area contributed by atoms with Crippen molar-refractivity contribution in [2.45, 2.75) is 64.0 Å². The molecule has 1 fully saturated rings. The van der Waals surface area contributed by atoms with E-state index in [0.29, 0.717) is 0 Å². The normalized spacial score (nSPS) is 18.1. The molecule has 94 valence electrons. The van der Waals surface area contributed by atoms with Crippen molar-refractivity contribution < 1.29 is 0 Å². The van der Waals surface area contributed by atoms with Crippen LogP contribution in [-0.2, 0) is 0 Å². The zero-order valence-corrected chi connectivity index (χ0v) is 11.6. The Labute approximate surface area is 105 Å². The topological polar surface area (TPSA) is 15.6 Å². The lowest BCUT2D eigenvalue weighted by Crippen LogP contribution is -2.21. The van der Waals surface area contributed by atoms with Gasteiger partial charge in [0, 0.05) is 18.3 Å². The molecule has 0 radical (unpaired) electrons. The van der Waals surface area contributed by atoms with Crippen LogP contribution in [0.1, 0.15) is 58.8 Å². The van der Waals surface area contributed by atoms with Crippen molar-refractivity contribution in [3.63, 3.8) is 0 Å². The predicted octanol–water partition coefficient (Wildman–Crippen LogP) is 4.12. The van der Waals surface area contributed by atoms with Crippen LogP contribution in [0, 0.1) is 0 Å². The molecule has 0 amide bonds. The molecule has 0 unspecified atom stereocenters. The lowest BCUT2D eigenvalue weighted by Gasteiger charge is -2.26. The molecular weight excluding hydrogens is 216 g/mol. The summed E-state index contributed by atoms with van der Waals surface area (Å²) in [6.45, 7) is 6.51. The van der Waals surface area contributed by atoms with E-state index in [0.717, 1.165) is 24.8 Å². The second-order valence-corrected chi connectivity index (χ2v) is 5.87. The van der Waals surface area contributed by atoms with E-state index in [1.807, 2.05) is 11.9 Å². The molecule has 3 heteroatoms. The van der Waals surface area contributed by atoms with Gasteiger partial charge in [-0.2, -0.15) is 0 Å². The molecule has 2 nitrogen and oxygen atoms in total. The summed E-state index contributed by atoms with van der Waals surface area (Å²) < 4.78 is 2.35. The Balaban J connectivity index is 2.30. The van der Waals surface area contributed by atoms with E-state index in [1.54, 1.807) is 0 Å². The van der Waals surface area contributed by atoms with Crippen LogP contribution >= 0.6 is 11.9 Å². The maximum atomic E-state index is 4.45. The fourth-order valence-electron chi connectivity index (χ4n) is 2.00. The van der Waals surface area contributed by atoms with Gasteiger partial charge in [-0.25, -0.2) is 0 Å². The molecule has 16 heavy (non-hydrogen) atoms. The van der Waals surface area contributed by atoms with Gasteiger partial charge in [-0.1, -0.05) is 33.1 Å². The van der Waals surface area contributed by atoms with Crippen LogP contribution in [0.3, 0.4) is 0 Å². The molecule has 1 rings (SSSR count). The molecule has 0 aromatic heterocycles. The van der Waals surface area contributed by atoms with Gasteiger partial charge in [0.1, 0.15) is 0 Å². The van der Waals surface area contributed by atoms with E-state index in [9.17, 15) is 0 Å². The lowest BCUT2D eigenvalue weighted by atomic mass is 10.0. The first-order chi connectivity index (χ1) is 7.86. The highest BCUT2D eigenvalue weighted by atomic mass is 32.2. The van der Waals surface area contributed by atoms with Crippen molar-refractivity contribution >= 4 is 18.3 Å². The van der Waals surface area contributed by atoms with Crippen molar-refractivity contribution in [2.24, 2.45) is 4.99 Å². The minimum absolute atomic E-state index is 0.841. The van der Waals surface area contributed by atoms with Crippen molar-refractivity contribution in [1.82, 2.24) is 4.31 Å². The van der Waals surface area contributed by atoms with Crippen LogP contribution in [0.4, 0.5) is 0 Å². The summed E-state index contributed by atoms with van der Waals surface area (Å²) in [6, 6.07) is 0. The summed E-state index contributed by atoms with van der Waals surface area (Å²) >= 11 is 2.02. The van der Waals surface area contributed by atoms with E-state index in [1.165, 1.54) is 38.5 Å². The average Bonchev–Trinajstić information content (AvgIpc) is 2.31. The molecule has 0 saturated heterocycles. The highest BCUT2D eigenvalue weighted by Gasteiger charge is 2.16. The molecule has 0 spiro atoms. The minimum atomic E-state index is 0.841. The summed E-state index contributed by atoms with van der Waals surface area (Å²) in [5.41, 5.74) is 0. The van der Waals surface area contributed by atoms with Gasteiger partial charge in [-0.15, -0.1) is 0 Å². The van der Waals surface area contributed by atoms with Gasteiger partial charge in [-0.05, 0) is 37.6 Å². The SMILES string of the molecule is CCCN=CN(CCC)SC1CCCCC1. The zero-order valence-electron chi connectivity index (χ0n) is 10.8. The first-order valence-corrected chi connectivity index (χ1v) is 7.63. The van der Waals surface area contributed by atoms with Crippen molar-refractivity contribution in [2.75, 3.05) is 13.1 Å². The zero-order chi connectivity index (χ0) is 11.6. The van der Waals surface area contributed by atoms with E-state index < -0.39 is 0 Å². The van der Waals surface area contributed by atoms with E-state index in [4.69, 9.17) is 0 Å². The van der Waals surface area contributed by atoms with E-state index in [-0.39, 0.29) is 0 Å². The van der Waals surface area contributed by atoms with Gasteiger partial charge < -0.3 is 4.31 Å². The Hall–Kier alpha value is -0.180. The summed E-state index contributed by atoms with van der Waals surface area (Å²) in [7, 11) is 0. The molecule has 0 aliphatic heterocycles. The molecule has 1 aliphatic rings. The van der Waals surface area contributed by atoms with Gasteiger partial charge in [0.25, 0.3) is 0 Å². The fraction of sp³-hybridized carbons (Fsp3) is 0.923. The van der Waals surface area contributed by atoms with Crippen LogP contribution in [0.2, 0.25) is 0 Å². The van der Waals surface area contributed by atoms with Crippen LogP contribution < -0.4 is 0 Å².